The van der Waals surface area contributed by atoms with Crippen LogP contribution in [0.2, 0.25) is 10.0 Å². The van der Waals surface area contributed by atoms with E-state index in [1.807, 2.05) is 4.90 Å². The van der Waals surface area contributed by atoms with E-state index < -0.39 is 0 Å². The number of anilines is 1. The summed E-state index contributed by atoms with van der Waals surface area (Å²) in [6.45, 7) is 10.00. The molecular weight excluding hydrogens is 411 g/mol. The van der Waals surface area contributed by atoms with Crippen molar-refractivity contribution >= 4 is 40.7 Å². The second-order valence-electron chi connectivity index (χ2n) is 8.44. The van der Waals surface area contributed by atoms with Gasteiger partial charge in [-0.05, 0) is 30.4 Å². The van der Waals surface area contributed by atoms with E-state index in [0.717, 1.165) is 39.3 Å². The van der Waals surface area contributed by atoms with Gasteiger partial charge in [0.2, 0.25) is 11.8 Å². The number of likely N-dealkylation sites (tertiary alicyclic amines) is 1. The fraction of sp³-hybridized carbons (Fsp3) is 0.619. The Hall–Kier alpha value is -1.34. The van der Waals surface area contributed by atoms with E-state index in [-0.39, 0.29) is 18.4 Å². The monoisotopic (exact) mass is 440 g/mol. The third kappa shape index (κ3) is 6.32. The van der Waals surface area contributed by atoms with Gasteiger partial charge in [-0.2, -0.15) is 0 Å². The Morgan fingerprint density at radius 2 is 1.48 bits per heavy atom. The van der Waals surface area contributed by atoms with Crippen LogP contribution in [0.15, 0.2) is 18.2 Å². The Morgan fingerprint density at radius 1 is 0.966 bits per heavy atom. The molecule has 0 saturated carbocycles. The zero-order valence-electron chi connectivity index (χ0n) is 17.2. The molecule has 1 aromatic rings. The zero-order valence-corrected chi connectivity index (χ0v) is 18.7. The van der Waals surface area contributed by atoms with E-state index in [4.69, 9.17) is 23.2 Å². The molecule has 6 nitrogen and oxygen atoms in total. The highest BCUT2D eigenvalue weighted by Gasteiger charge is 2.27. The van der Waals surface area contributed by atoms with Gasteiger partial charge in [0.15, 0.2) is 0 Å². The summed E-state index contributed by atoms with van der Waals surface area (Å²) in [5.74, 6) is 1.23. The largest absolute Gasteiger partial charge is 0.341 e. The van der Waals surface area contributed by atoms with Gasteiger partial charge in [0.05, 0.1) is 28.8 Å². The van der Waals surface area contributed by atoms with E-state index in [2.05, 4.69) is 29.0 Å². The molecule has 0 spiro atoms. The molecular formula is C21H30Cl2N4O2. The Bertz CT molecular complexity index is 707. The molecule has 2 amide bonds. The second-order valence-corrected chi connectivity index (χ2v) is 9.26. The minimum atomic E-state index is -0.138. The number of piperazine rings is 1. The van der Waals surface area contributed by atoms with Gasteiger partial charge < -0.3 is 10.2 Å². The molecule has 3 rings (SSSR count). The summed E-state index contributed by atoms with van der Waals surface area (Å²) in [5, 5.41) is 3.65. The summed E-state index contributed by atoms with van der Waals surface area (Å²) < 4.78 is 0. The number of nitrogens with one attached hydrogen (secondary N) is 1. The van der Waals surface area contributed by atoms with E-state index in [1.54, 1.807) is 18.2 Å². The molecule has 0 radical (unpaired) electrons. The molecule has 0 aromatic heterocycles. The topological polar surface area (TPSA) is 55.9 Å². The predicted molar refractivity (Wildman–Crippen MR) is 117 cm³/mol. The van der Waals surface area contributed by atoms with Crippen LogP contribution >= 0.6 is 23.2 Å². The van der Waals surface area contributed by atoms with Crippen molar-refractivity contribution in [2.45, 2.75) is 20.3 Å². The van der Waals surface area contributed by atoms with Crippen LogP contribution in [0.1, 0.15) is 20.3 Å². The summed E-state index contributed by atoms with van der Waals surface area (Å²) >= 11 is 12.2. The van der Waals surface area contributed by atoms with E-state index in [0.29, 0.717) is 34.1 Å². The Labute approximate surface area is 183 Å². The molecule has 2 aliphatic rings. The normalized spacial score (nSPS) is 23.8. The van der Waals surface area contributed by atoms with Crippen molar-refractivity contribution in [1.29, 1.82) is 0 Å². The average Bonchev–Trinajstić information content (AvgIpc) is 2.65. The van der Waals surface area contributed by atoms with Crippen molar-refractivity contribution < 1.29 is 9.59 Å². The summed E-state index contributed by atoms with van der Waals surface area (Å²) in [5.41, 5.74) is 0.454. The van der Waals surface area contributed by atoms with Gasteiger partial charge in [-0.1, -0.05) is 43.1 Å². The van der Waals surface area contributed by atoms with Gasteiger partial charge in [0, 0.05) is 39.3 Å². The number of carbonyl (C=O) groups excluding carboxylic acids is 2. The predicted octanol–water partition coefficient (Wildman–Crippen LogP) is 3.05. The molecule has 2 fully saturated rings. The molecule has 2 saturated heterocycles. The van der Waals surface area contributed by atoms with Gasteiger partial charge in [0.1, 0.15) is 0 Å². The number of piperidine rings is 1. The van der Waals surface area contributed by atoms with Crippen molar-refractivity contribution in [1.82, 2.24) is 14.7 Å². The Balaban J connectivity index is 1.42. The highest BCUT2D eigenvalue weighted by atomic mass is 35.5. The Morgan fingerprint density at radius 3 is 2.03 bits per heavy atom. The lowest BCUT2D eigenvalue weighted by Gasteiger charge is -2.38. The first-order chi connectivity index (χ1) is 13.8. The number of rotatable bonds is 5. The molecule has 1 aromatic carbocycles. The van der Waals surface area contributed by atoms with Crippen molar-refractivity contribution in [3.8, 4) is 0 Å². The van der Waals surface area contributed by atoms with Gasteiger partial charge in [-0.3, -0.25) is 19.4 Å². The highest BCUT2D eigenvalue weighted by Crippen LogP contribution is 2.29. The maximum atomic E-state index is 12.7. The zero-order chi connectivity index (χ0) is 21.0. The van der Waals surface area contributed by atoms with Crippen LogP contribution in [0.25, 0.3) is 0 Å². The van der Waals surface area contributed by atoms with E-state index in [1.165, 1.54) is 6.42 Å². The molecule has 2 unspecified atom stereocenters. The summed E-state index contributed by atoms with van der Waals surface area (Å²) in [6.07, 6.45) is 1.20. The quantitative estimate of drug-likeness (QED) is 0.763. The fourth-order valence-electron chi connectivity index (χ4n) is 4.26. The number of nitrogens with zero attached hydrogens (tertiary/aromatic N) is 3. The third-order valence-electron chi connectivity index (χ3n) is 5.64. The number of para-hydroxylation sites is 1. The molecule has 160 valence electrons. The number of carbonyl (C=O) groups is 2. The fourth-order valence-corrected chi connectivity index (χ4v) is 4.75. The number of benzene rings is 1. The summed E-state index contributed by atoms with van der Waals surface area (Å²) in [4.78, 5) is 31.3. The van der Waals surface area contributed by atoms with Crippen LogP contribution < -0.4 is 5.32 Å². The molecule has 2 atom stereocenters. The molecule has 2 heterocycles. The lowest BCUT2D eigenvalue weighted by atomic mass is 9.92. The van der Waals surface area contributed by atoms with Crippen molar-refractivity contribution in [3.63, 3.8) is 0 Å². The van der Waals surface area contributed by atoms with Crippen molar-refractivity contribution in [2.75, 3.05) is 57.7 Å². The van der Waals surface area contributed by atoms with Crippen LogP contribution in [0, 0.1) is 11.8 Å². The van der Waals surface area contributed by atoms with Gasteiger partial charge in [-0.15, -0.1) is 0 Å². The van der Waals surface area contributed by atoms with Gasteiger partial charge >= 0.3 is 0 Å². The number of hydrogen-bond donors (Lipinski definition) is 1. The molecule has 29 heavy (non-hydrogen) atoms. The van der Waals surface area contributed by atoms with Crippen LogP contribution in [0.4, 0.5) is 5.69 Å². The summed E-state index contributed by atoms with van der Waals surface area (Å²) in [7, 11) is 0. The SMILES string of the molecule is CC1CC(C)CN(C(=O)CN2CCN(CC(=O)Nc3c(Cl)cccc3Cl)CC2)C1. The summed E-state index contributed by atoms with van der Waals surface area (Å²) in [6, 6.07) is 5.14. The maximum absolute atomic E-state index is 12.7. The number of amides is 2. The molecule has 0 aliphatic carbocycles. The van der Waals surface area contributed by atoms with Crippen LogP contribution in [0.5, 0.6) is 0 Å². The lowest BCUT2D eigenvalue weighted by molar-refractivity contribution is -0.135. The standard InChI is InChI=1S/C21H30Cl2N4O2/c1-15-10-16(2)12-27(11-15)20(29)14-26-8-6-25(7-9-26)13-19(28)24-21-17(22)4-3-5-18(21)23/h3-5,15-16H,6-14H2,1-2H3,(H,24,28). The van der Waals surface area contributed by atoms with Crippen LogP contribution in [0.3, 0.4) is 0 Å². The van der Waals surface area contributed by atoms with E-state index >= 15 is 0 Å². The first-order valence-corrected chi connectivity index (χ1v) is 11.0. The minimum Gasteiger partial charge on any atom is -0.341 e. The maximum Gasteiger partial charge on any atom is 0.238 e. The minimum absolute atomic E-state index is 0.138. The van der Waals surface area contributed by atoms with Gasteiger partial charge in [-0.25, -0.2) is 0 Å². The van der Waals surface area contributed by atoms with Gasteiger partial charge in [0.25, 0.3) is 0 Å². The van der Waals surface area contributed by atoms with Crippen molar-refractivity contribution in [3.05, 3.63) is 28.2 Å². The third-order valence-corrected chi connectivity index (χ3v) is 6.27. The Kier molecular flexibility index (Phi) is 7.79. The van der Waals surface area contributed by atoms with Crippen LogP contribution in [-0.2, 0) is 9.59 Å². The number of halogens is 2. The average molecular weight is 441 g/mol. The molecule has 0 bridgehead atoms. The highest BCUT2D eigenvalue weighted by molar-refractivity contribution is 6.39. The first kappa shape index (κ1) is 22.3. The van der Waals surface area contributed by atoms with E-state index in [9.17, 15) is 9.59 Å². The second kappa shape index (κ2) is 10.1. The lowest BCUT2D eigenvalue weighted by Crippen LogP contribution is -2.52. The smallest absolute Gasteiger partial charge is 0.238 e. The molecule has 1 N–H and O–H groups in total. The molecule has 2 aliphatic heterocycles. The first-order valence-electron chi connectivity index (χ1n) is 10.3. The van der Waals surface area contributed by atoms with Crippen LogP contribution in [-0.4, -0.2) is 78.9 Å². The van der Waals surface area contributed by atoms with Crippen molar-refractivity contribution in [2.24, 2.45) is 11.8 Å². The molecule has 8 heteroatoms. The number of hydrogen-bond acceptors (Lipinski definition) is 4.